The summed E-state index contributed by atoms with van der Waals surface area (Å²) in [7, 11) is 0. The molecule has 2 unspecified atom stereocenters. The Balaban J connectivity index is 1.61. The molecule has 3 aliphatic rings. The smallest absolute Gasteiger partial charge is 0.259 e. The Labute approximate surface area is 214 Å². The number of aryl methyl sites for hydroxylation is 1. The van der Waals surface area contributed by atoms with Crippen LogP contribution in [0.15, 0.2) is 76.9 Å². The Bertz CT molecular complexity index is 1550. The molecular formula is C29H26N4O4. The zero-order valence-corrected chi connectivity index (χ0v) is 20.4. The number of carbonyl (C=O) groups excluding carboxylic acids is 1. The zero-order chi connectivity index (χ0) is 25.7. The Morgan fingerprint density at radius 1 is 1.14 bits per heavy atom. The van der Waals surface area contributed by atoms with Crippen molar-refractivity contribution in [3.63, 3.8) is 0 Å². The number of nitrogens with zero attached hydrogens (tertiary/aromatic N) is 3. The number of hydrogen-bond donors (Lipinski definition) is 1. The van der Waals surface area contributed by atoms with Crippen LogP contribution in [0, 0.1) is 18.3 Å². The third-order valence-corrected chi connectivity index (χ3v) is 7.56. The van der Waals surface area contributed by atoms with Crippen molar-refractivity contribution in [2.24, 2.45) is 5.73 Å². The molecule has 1 aromatic heterocycles. The minimum absolute atomic E-state index is 0.0699. The van der Waals surface area contributed by atoms with Crippen molar-refractivity contribution in [3.8, 4) is 11.8 Å². The number of para-hydroxylation sites is 1. The number of amides is 1. The molecule has 2 atom stereocenters. The number of nitrogens with two attached hydrogens (primary N) is 1. The highest BCUT2D eigenvalue weighted by Crippen LogP contribution is 2.54. The number of pyridine rings is 1. The van der Waals surface area contributed by atoms with Gasteiger partial charge in [-0.3, -0.25) is 9.59 Å². The maximum absolute atomic E-state index is 14.5. The normalized spacial score (nSPS) is 22.1. The van der Waals surface area contributed by atoms with Crippen molar-refractivity contribution in [1.29, 1.82) is 5.26 Å². The van der Waals surface area contributed by atoms with E-state index in [2.05, 4.69) is 6.07 Å². The lowest BCUT2D eigenvalue weighted by Gasteiger charge is -2.34. The van der Waals surface area contributed by atoms with E-state index in [-0.39, 0.29) is 40.3 Å². The quantitative estimate of drug-likeness (QED) is 0.597. The third-order valence-electron chi connectivity index (χ3n) is 7.56. The molecule has 8 nitrogen and oxygen atoms in total. The van der Waals surface area contributed by atoms with Crippen LogP contribution in [-0.4, -0.2) is 29.7 Å². The molecule has 1 amide bonds. The van der Waals surface area contributed by atoms with Gasteiger partial charge in [-0.1, -0.05) is 48.5 Å². The van der Waals surface area contributed by atoms with E-state index >= 15 is 0 Å². The summed E-state index contributed by atoms with van der Waals surface area (Å²) in [6, 6.07) is 20.8. The van der Waals surface area contributed by atoms with Crippen LogP contribution in [0.2, 0.25) is 0 Å². The molecule has 1 saturated heterocycles. The standard InChI is InChI=1S/C29H26N4O4/c1-18-14-24-25(27(34)32(18)16-19-8-3-2-4-9-19)29(22(15-30)26(31)37-24)21-11-5-6-12-23(21)33(28(29)35)17-20-10-7-13-36-20/h2-6,8-9,11-12,14,20H,7,10,13,16-17,31H2,1H3. The zero-order valence-electron chi connectivity index (χ0n) is 20.4. The van der Waals surface area contributed by atoms with E-state index in [1.54, 1.807) is 27.7 Å². The maximum atomic E-state index is 14.5. The van der Waals surface area contributed by atoms with Crippen molar-refractivity contribution >= 4 is 11.6 Å². The predicted octanol–water partition coefficient (Wildman–Crippen LogP) is 3.10. The summed E-state index contributed by atoms with van der Waals surface area (Å²) >= 11 is 0. The van der Waals surface area contributed by atoms with E-state index in [4.69, 9.17) is 15.2 Å². The first-order chi connectivity index (χ1) is 18.0. The number of nitriles is 1. The van der Waals surface area contributed by atoms with Gasteiger partial charge in [0.1, 0.15) is 17.4 Å². The van der Waals surface area contributed by atoms with Crippen LogP contribution in [0.5, 0.6) is 5.75 Å². The fourth-order valence-electron chi connectivity index (χ4n) is 5.86. The van der Waals surface area contributed by atoms with Crippen LogP contribution in [-0.2, 0) is 21.5 Å². The Kier molecular flexibility index (Phi) is 5.39. The molecule has 0 saturated carbocycles. The summed E-state index contributed by atoms with van der Waals surface area (Å²) in [5.41, 5.74) is 7.03. The second kappa shape index (κ2) is 8.64. The second-order valence-corrected chi connectivity index (χ2v) is 9.67. The Morgan fingerprint density at radius 3 is 2.62 bits per heavy atom. The lowest BCUT2D eigenvalue weighted by molar-refractivity contribution is -0.121. The average Bonchev–Trinajstić information content (AvgIpc) is 3.49. The van der Waals surface area contributed by atoms with Gasteiger partial charge in [0.15, 0.2) is 5.41 Å². The van der Waals surface area contributed by atoms with Crippen molar-refractivity contribution in [2.45, 2.75) is 37.8 Å². The van der Waals surface area contributed by atoms with Crippen molar-refractivity contribution in [1.82, 2.24) is 4.57 Å². The van der Waals surface area contributed by atoms with Crippen LogP contribution in [0.1, 0.15) is 35.2 Å². The summed E-state index contributed by atoms with van der Waals surface area (Å²) < 4.78 is 13.3. The fourth-order valence-corrected chi connectivity index (χ4v) is 5.86. The maximum Gasteiger partial charge on any atom is 0.259 e. The van der Waals surface area contributed by atoms with E-state index in [9.17, 15) is 14.9 Å². The summed E-state index contributed by atoms with van der Waals surface area (Å²) in [4.78, 5) is 30.5. The number of aromatic nitrogens is 1. The van der Waals surface area contributed by atoms with Crippen LogP contribution >= 0.6 is 0 Å². The minimum atomic E-state index is -1.70. The first kappa shape index (κ1) is 23.1. The van der Waals surface area contributed by atoms with Crippen LogP contribution in [0.25, 0.3) is 0 Å². The van der Waals surface area contributed by atoms with E-state index in [1.165, 1.54) is 0 Å². The molecule has 186 valence electrons. The summed E-state index contributed by atoms with van der Waals surface area (Å²) in [5, 5.41) is 10.3. The first-order valence-electron chi connectivity index (χ1n) is 12.4. The largest absolute Gasteiger partial charge is 0.440 e. The van der Waals surface area contributed by atoms with E-state index < -0.39 is 5.41 Å². The summed E-state index contributed by atoms with van der Waals surface area (Å²) in [6.07, 6.45) is 1.65. The molecule has 6 rings (SSSR count). The highest BCUT2D eigenvalue weighted by molar-refractivity contribution is 6.14. The van der Waals surface area contributed by atoms with Gasteiger partial charge in [0.25, 0.3) is 5.56 Å². The van der Waals surface area contributed by atoms with Crippen LogP contribution in [0.4, 0.5) is 5.69 Å². The SMILES string of the molecule is Cc1cc2c(c(=O)n1Cc1ccccc1)C1(C(=O)N(CC3CCCO3)c3ccccc31)C(C#N)=C(N)O2. The van der Waals surface area contributed by atoms with Crippen LogP contribution < -0.4 is 20.9 Å². The van der Waals surface area contributed by atoms with Crippen LogP contribution in [0.3, 0.4) is 0 Å². The van der Waals surface area contributed by atoms with Gasteiger partial charge in [-0.05, 0) is 31.4 Å². The Morgan fingerprint density at radius 2 is 1.89 bits per heavy atom. The highest BCUT2D eigenvalue weighted by atomic mass is 16.5. The van der Waals surface area contributed by atoms with Gasteiger partial charge in [-0.25, -0.2) is 0 Å². The van der Waals surface area contributed by atoms with E-state index in [0.29, 0.717) is 36.6 Å². The number of ether oxygens (including phenoxy) is 2. The molecule has 1 spiro atoms. The van der Waals surface area contributed by atoms with E-state index in [0.717, 1.165) is 18.4 Å². The molecular weight excluding hydrogens is 468 g/mol. The average molecular weight is 495 g/mol. The number of benzene rings is 2. The topological polar surface area (TPSA) is 111 Å². The molecule has 0 aliphatic carbocycles. The molecule has 0 bridgehead atoms. The van der Waals surface area contributed by atoms with Gasteiger partial charge in [-0.2, -0.15) is 5.26 Å². The minimum Gasteiger partial charge on any atom is -0.440 e. The van der Waals surface area contributed by atoms with Gasteiger partial charge in [0, 0.05) is 29.6 Å². The number of hydrogen-bond acceptors (Lipinski definition) is 6. The highest BCUT2D eigenvalue weighted by Gasteiger charge is 2.61. The molecule has 8 heteroatoms. The number of carbonyl (C=O) groups is 1. The predicted molar refractivity (Wildman–Crippen MR) is 137 cm³/mol. The third kappa shape index (κ3) is 3.31. The summed E-state index contributed by atoms with van der Waals surface area (Å²) in [6.45, 7) is 3.10. The monoisotopic (exact) mass is 494 g/mol. The van der Waals surface area contributed by atoms with Crippen molar-refractivity contribution in [3.05, 3.63) is 105 Å². The van der Waals surface area contributed by atoms with Crippen molar-refractivity contribution < 1.29 is 14.3 Å². The van der Waals surface area contributed by atoms with Gasteiger partial charge in [0.2, 0.25) is 11.8 Å². The van der Waals surface area contributed by atoms with Gasteiger partial charge < -0.3 is 24.7 Å². The van der Waals surface area contributed by atoms with E-state index in [1.807, 2.05) is 49.4 Å². The molecule has 2 aromatic carbocycles. The number of fused-ring (bicyclic) bond motifs is 4. The fraction of sp³-hybridized carbons (Fsp3) is 0.276. The molecule has 0 radical (unpaired) electrons. The summed E-state index contributed by atoms with van der Waals surface area (Å²) in [5.74, 6) is -0.359. The molecule has 3 aromatic rings. The molecule has 1 fully saturated rings. The first-order valence-corrected chi connectivity index (χ1v) is 12.4. The van der Waals surface area contributed by atoms with Gasteiger partial charge >= 0.3 is 0 Å². The van der Waals surface area contributed by atoms with Gasteiger partial charge in [-0.15, -0.1) is 0 Å². The Hall–Kier alpha value is -4.35. The molecule has 3 aliphatic heterocycles. The molecule has 2 N–H and O–H groups in total. The lowest BCUT2D eigenvalue weighted by Crippen LogP contribution is -2.51. The molecule has 4 heterocycles. The lowest BCUT2D eigenvalue weighted by atomic mass is 9.69. The molecule has 37 heavy (non-hydrogen) atoms. The van der Waals surface area contributed by atoms with Crippen molar-refractivity contribution in [2.75, 3.05) is 18.1 Å². The second-order valence-electron chi connectivity index (χ2n) is 9.67. The number of anilines is 1. The number of rotatable bonds is 4. The van der Waals surface area contributed by atoms with Gasteiger partial charge in [0.05, 0.1) is 24.8 Å².